The molecule has 0 spiro atoms. The van der Waals surface area contributed by atoms with Crippen LogP contribution >= 0.6 is 27.5 Å². The molecule has 0 amide bonds. The third kappa shape index (κ3) is 3.63. The SMILES string of the molecule is COc1ccc(Br)cc1/C=N\Nc1ccnc2cc(Cl)ccc12. The minimum absolute atomic E-state index is 0.657. The van der Waals surface area contributed by atoms with Crippen LogP contribution in [0.25, 0.3) is 10.9 Å². The summed E-state index contributed by atoms with van der Waals surface area (Å²) in [4.78, 5) is 4.31. The van der Waals surface area contributed by atoms with Crippen LogP contribution in [0.15, 0.2) is 58.2 Å². The molecule has 1 aromatic heterocycles. The summed E-state index contributed by atoms with van der Waals surface area (Å²) >= 11 is 9.44. The quantitative estimate of drug-likeness (QED) is 0.497. The molecule has 3 aromatic rings. The molecule has 1 N–H and O–H groups in total. The molecule has 0 aliphatic rings. The van der Waals surface area contributed by atoms with Gasteiger partial charge in [0, 0.05) is 26.6 Å². The number of halogens is 2. The largest absolute Gasteiger partial charge is 0.496 e. The number of fused-ring (bicyclic) bond motifs is 1. The molecule has 0 unspecified atom stereocenters. The molecule has 0 atom stereocenters. The topological polar surface area (TPSA) is 46.5 Å². The van der Waals surface area contributed by atoms with Crippen molar-refractivity contribution in [3.8, 4) is 5.75 Å². The monoisotopic (exact) mass is 389 g/mol. The Morgan fingerprint density at radius 3 is 2.91 bits per heavy atom. The fourth-order valence-electron chi connectivity index (χ4n) is 2.20. The molecule has 2 aromatic carbocycles. The van der Waals surface area contributed by atoms with Crippen molar-refractivity contribution in [2.45, 2.75) is 0 Å². The number of methoxy groups -OCH3 is 1. The van der Waals surface area contributed by atoms with Crippen LogP contribution in [0.3, 0.4) is 0 Å². The standard InChI is InChI=1S/C17H13BrClN3O/c1-23-17-5-2-12(18)8-11(17)10-21-22-15-6-7-20-16-9-13(19)3-4-14(15)16/h2-10H,1H3,(H,20,22)/b21-10-. The van der Waals surface area contributed by atoms with Crippen molar-refractivity contribution in [2.24, 2.45) is 5.10 Å². The van der Waals surface area contributed by atoms with E-state index in [1.54, 1.807) is 19.5 Å². The average Bonchev–Trinajstić information content (AvgIpc) is 2.55. The summed E-state index contributed by atoms with van der Waals surface area (Å²) in [5.41, 5.74) is 5.59. The van der Waals surface area contributed by atoms with Crippen LogP contribution in [-0.2, 0) is 0 Å². The van der Waals surface area contributed by atoms with Crippen LogP contribution in [0.2, 0.25) is 5.02 Å². The maximum Gasteiger partial charge on any atom is 0.127 e. The molecule has 1 heterocycles. The van der Waals surface area contributed by atoms with E-state index in [1.807, 2.05) is 42.5 Å². The van der Waals surface area contributed by atoms with Crippen LogP contribution in [0.5, 0.6) is 5.75 Å². The van der Waals surface area contributed by atoms with Crippen molar-refractivity contribution in [3.05, 3.63) is 63.7 Å². The molecule has 0 fully saturated rings. The fourth-order valence-corrected chi connectivity index (χ4v) is 2.74. The zero-order chi connectivity index (χ0) is 16.2. The van der Waals surface area contributed by atoms with Crippen molar-refractivity contribution < 1.29 is 4.74 Å². The van der Waals surface area contributed by atoms with Gasteiger partial charge in [-0.3, -0.25) is 10.4 Å². The fraction of sp³-hybridized carbons (Fsp3) is 0.0588. The second kappa shape index (κ2) is 6.98. The highest BCUT2D eigenvalue weighted by atomic mass is 79.9. The number of ether oxygens (including phenoxy) is 1. The summed E-state index contributed by atoms with van der Waals surface area (Å²) in [6.45, 7) is 0. The second-order valence-electron chi connectivity index (χ2n) is 4.78. The molecule has 4 nitrogen and oxygen atoms in total. The molecule has 116 valence electrons. The number of benzene rings is 2. The smallest absolute Gasteiger partial charge is 0.127 e. The number of rotatable bonds is 4. The second-order valence-corrected chi connectivity index (χ2v) is 6.13. The van der Waals surface area contributed by atoms with Gasteiger partial charge in [-0.2, -0.15) is 5.10 Å². The van der Waals surface area contributed by atoms with Gasteiger partial charge in [-0.05, 0) is 42.5 Å². The molecule has 3 rings (SSSR count). The number of hydrogen-bond donors (Lipinski definition) is 1. The molecule has 0 saturated carbocycles. The van der Waals surface area contributed by atoms with Crippen molar-refractivity contribution in [2.75, 3.05) is 12.5 Å². The number of hydrogen-bond acceptors (Lipinski definition) is 4. The number of aromatic nitrogens is 1. The minimum Gasteiger partial charge on any atom is -0.496 e. The van der Waals surface area contributed by atoms with E-state index in [1.165, 1.54) is 0 Å². The van der Waals surface area contributed by atoms with Gasteiger partial charge in [0.15, 0.2) is 0 Å². The third-order valence-electron chi connectivity index (χ3n) is 3.29. The first-order valence-electron chi connectivity index (χ1n) is 6.84. The van der Waals surface area contributed by atoms with E-state index in [0.29, 0.717) is 5.02 Å². The van der Waals surface area contributed by atoms with E-state index in [4.69, 9.17) is 16.3 Å². The number of nitrogens with one attached hydrogen (secondary N) is 1. The van der Waals surface area contributed by atoms with E-state index in [9.17, 15) is 0 Å². The van der Waals surface area contributed by atoms with Gasteiger partial charge in [-0.1, -0.05) is 27.5 Å². The van der Waals surface area contributed by atoms with Crippen molar-refractivity contribution >= 4 is 50.3 Å². The van der Waals surface area contributed by atoms with E-state index in [-0.39, 0.29) is 0 Å². The molecule has 6 heteroatoms. The van der Waals surface area contributed by atoms with Gasteiger partial charge >= 0.3 is 0 Å². The zero-order valence-corrected chi connectivity index (χ0v) is 14.6. The van der Waals surface area contributed by atoms with Crippen molar-refractivity contribution in [1.82, 2.24) is 4.98 Å². The highest BCUT2D eigenvalue weighted by Crippen LogP contribution is 2.25. The van der Waals surface area contributed by atoms with E-state index < -0.39 is 0 Å². The summed E-state index contributed by atoms with van der Waals surface area (Å²) in [5, 5.41) is 5.91. The Kier molecular flexibility index (Phi) is 4.79. The van der Waals surface area contributed by atoms with Crippen LogP contribution in [-0.4, -0.2) is 18.3 Å². The first-order chi connectivity index (χ1) is 11.2. The lowest BCUT2D eigenvalue weighted by Gasteiger charge is -2.07. The van der Waals surface area contributed by atoms with Crippen LogP contribution in [0.1, 0.15) is 5.56 Å². The van der Waals surface area contributed by atoms with E-state index in [0.717, 1.165) is 32.4 Å². The van der Waals surface area contributed by atoms with Gasteiger partial charge in [0.2, 0.25) is 0 Å². The maximum absolute atomic E-state index is 6.00. The lowest BCUT2D eigenvalue weighted by Crippen LogP contribution is -1.95. The Balaban J connectivity index is 1.88. The number of anilines is 1. The van der Waals surface area contributed by atoms with Gasteiger partial charge in [-0.25, -0.2) is 0 Å². The van der Waals surface area contributed by atoms with E-state index >= 15 is 0 Å². The first kappa shape index (κ1) is 15.8. The maximum atomic E-state index is 6.00. The first-order valence-corrected chi connectivity index (χ1v) is 8.01. The van der Waals surface area contributed by atoms with Gasteiger partial charge < -0.3 is 4.74 Å². The minimum atomic E-state index is 0.657. The number of hydrazone groups is 1. The summed E-state index contributed by atoms with van der Waals surface area (Å²) < 4.78 is 6.28. The van der Waals surface area contributed by atoms with Gasteiger partial charge in [-0.15, -0.1) is 0 Å². The van der Waals surface area contributed by atoms with Crippen molar-refractivity contribution in [1.29, 1.82) is 0 Å². The Morgan fingerprint density at radius 1 is 1.22 bits per heavy atom. The van der Waals surface area contributed by atoms with Gasteiger partial charge in [0.05, 0.1) is 24.5 Å². The van der Waals surface area contributed by atoms with Crippen LogP contribution in [0.4, 0.5) is 5.69 Å². The van der Waals surface area contributed by atoms with E-state index in [2.05, 4.69) is 31.4 Å². The van der Waals surface area contributed by atoms with Crippen LogP contribution in [0, 0.1) is 0 Å². The normalized spacial score (nSPS) is 11.1. The third-order valence-corrected chi connectivity index (χ3v) is 4.01. The summed E-state index contributed by atoms with van der Waals surface area (Å²) in [5.74, 6) is 0.755. The number of pyridine rings is 1. The molecule has 0 aliphatic heterocycles. The Morgan fingerprint density at radius 2 is 2.09 bits per heavy atom. The predicted octanol–water partition coefficient (Wildman–Crippen LogP) is 5.11. The Hall–Kier alpha value is -2.11. The molecule has 0 bridgehead atoms. The van der Waals surface area contributed by atoms with Crippen molar-refractivity contribution in [3.63, 3.8) is 0 Å². The lowest BCUT2D eigenvalue weighted by atomic mass is 10.2. The summed E-state index contributed by atoms with van der Waals surface area (Å²) in [7, 11) is 1.63. The van der Waals surface area contributed by atoms with Crippen LogP contribution < -0.4 is 10.2 Å². The molecule has 0 saturated heterocycles. The molecular weight excluding hydrogens is 378 g/mol. The molecule has 0 radical (unpaired) electrons. The summed E-state index contributed by atoms with van der Waals surface area (Å²) in [6.07, 6.45) is 3.43. The predicted molar refractivity (Wildman–Crippen MR) is 98.7 cm³/mol. The highest BCUT2D eigenvalue weighted by Gasteiger charge is 2.03. The Labute approximate surface area is 147 Å². The molecule has 0 aliphatic carbocycles. The number of nitrogens with zero attached hydrogens (tertiary/aromatic N) is 2. The summed E-state index contributed by atoms with van der Waals surface area (Å²) in [6, 6.07) is 13.2. The van der Waals surface area contributed by atoms with Gasteiger partial charge in [0.25, 0.3) is 0 Å². The highest BCUT2D eigenvalue weighted by molar-refractivity contribution is 9.10. The lowest BCUT2D eigenvalue weighted by molar-refractivity contribution is 0.414. The van der Waals surface area contributed by atoms with Gasteiger partial charge in [0.1, 0.15) is 5.75 Å². The Bertz CT molecular complexity index is 883. The molecule has 23 heavy (non-hydrogen) atoms. The zero-order valence-electron chi connectivity index (χ0n) is 12.3. The average molecular weight is 391 g/mol. The molecular formula is C17H13BrClN3O.